The maximum absolute atomic E-state index is 12.8. The van der Waals surface area contributed by atoms with E-state index in [9.17, 15) is 9.59 Å². The quantitative estimate of drug-likeness (QED) is 0.894. The van der Waals surface area contributed by atoms with Gasteiger partial charge in [-0.1, -0.05) is 0 Å². The van der Waals surface area contributed by atoms with Gasteiger partial charge in [0.25, 0.3) is 0 Å². The fourth-order valence-electron chi connectivity index (χ4n) is 4.06. The van der Waals surface area contributed by atoms with Crippen LogP contribution in [-0.4, -0.2) is 47.5 Å². The predicted molar refractivity (Wildman–Crippen MR) is 95.1 cm³/mol. The summed E-state index contributed by atoms with van der Waals surface area (Å²) in [4.78, 5) is 33.2. The number of carbonyl (C=O) groups is 2. The molecule has 1 aromatic rings. The van der Waals surface area contributed by atoms with Crippen LogP contribution in [0.5, 0.6) is 0 Å². The number of pyridine rings is 1. The van der Waals surface area contributed by atoms with E-state index in [0.717, 1.165) is 12.1 Å². The minimum atomic E-state index is -0.442. The molecule has 2 saturated carbocycles. The van der Waals surface area contributed by atoms with Crippen LogP contribution < -0.4 is 10.2 Å². The maximum atomic E-state index is 12.8. The van der Waals surface area contributed by atoms with Gasteiger partial charge in [-0.05, 0) is 62.5 Å². The van der Waals surface area contributed by atoms with Crippen molar-refractivity contribution in [1.82, 2.24) is 15.2 Å². The van der Waals surface area contributed by atoms with Gasteiger partial charge in [0, 0.05) is 25.8 Å². The number of carbonyl (C=O) groups excluding carboxylic acids is 2. The Morgan fingerprint density at radius 1 is 1.28 bits per heavy atom. The molecule has 3 fully saturated rings. The summed E-state index contributed by atoms with van der Waals surface area (Å²) in [5, 5.41) is 2.99. The van der Waals surface area contributed by atoms with Gasteiger partial charge in [-0.15, -0.1) is 0 Å². The zero-order chi connectivity index (χ0) is 17.4. The van der Waals surface area contributed by atoms with Crippen LogP contribution in [0.15, 0.2) is 24.5 Å². The Hall–Kier alpha value is -2.11. The highest BCUT2D eigenvalue weighted by atomic mass is 16.2. The highest BCUT2D eigenvalue weighted by Gasteiger charge is 2.45. The second kappa shape index (κ2) is 6.65. The van der Waals surface area contributed by atoms with Crippen LogP contribution in [0.25, 0.3) is 0 Å². The van der Waals surface area contributed by atoms with Crippen molar-refractivity contribution in [1.29, 1.82) is 0 Å². The summed E-state index contributed by atoms with van der Waals surface area (Å²) in [6, 6.07) is 3.53. The second-order valence-corrected chi connectivity index (χ2v) is 7.62. The van der Waals surface area contributed by atoms with Gasteiger partial charge in [0.15, 0.2) is 0 Å². The number of hydrogen-bond donors (Lipinski definition) is 1. The van der Waals surface area contributed by atoms with E-state index in [-0.39, 0.29) is 11.9 Å². The molecule has 2 heterocycles. The van der Waals surface area contributed by atoms with Crippen LogP contribution in [-0.2, 0) is 4.79 Å². The maximum Gasteiger partial charge on any atom is 0.318 e. The van der Waals surface area contributed by atoms with Crippen LogP contribution in [0.3, 0.4) is 0 Å². The molecule has 134 valence electrons. The highest BCUT2D eigenvalue weighted by molar-refractivity contribution is 5.99. The van der Waals surface area contributed by atoms with Gasteiger partial charge < -0.3 is 15.1 Å². The summed E-state index contributed by atoms with van der Waals surface area (Å²) < 4.78 is 0. The molecule has 25 heavy (non-hydrogen) atoms. The molecule has 1 saturated heterocycles. The molecule has 6 heteroatoms. The average molecular weight is 342 g/mol. The number of anilines is 1. The Morgan fingerprint density at radius 3 is 2.60 bits per heavy atom. The molecule has 0 radical (unpaired) electrons. The number of nitrogens with one attached hydrogen (secondary N) is 1. The molecule has 1 aromatic heterocycles. The Kier molecular flexibility index (Phi) is 4.36. The molecule has 1 aliphatic heterocycles. The van der Waals surface area contributed by atoms with E-state index in [1.165, 1.54) is 25.7 Å². The Labute approximate surface area is 148 Å². The molecule has 1 N–H and O–H groups in total. The van der Waals surface area contributed by atoms with E-state index in [2.05, 4.69) is 10.3 Å². The largest absolute Gasteiger partial charge is 0.326 e. The average Bonchev–Trinajstić information content (AvgIpc) is 3.52. The first kappa shape index (κ1) is 16.4. The number of rotatable bonds is 5. The van der Waals surface area contributed by atoms with Crippen LogP contribution in [0, 0.1) is 11.8 Å². The number of aromatic nitrogens is 1. The number of nitrogens with zero attached hydrogens (tertiary/aromatic N) is 3. The lowest BCUT2D eigenvalue weighted by Gasteiger charge is -2.35. The first-order valence-corrected chi connectivity index (χ1v) is 9.40. The van der Waals surface area contributed by atoms with Crippen LogP contribution >= 0.6 is 0 Å². The standard InChI is InChI=1S/C19H26N4O2/c1-22(17(13-6-7-13)14-8-9-14)19(25)21-16-5-3-11-23(18(16)24)15-4-2-10-20-12-15/h2,4,10,12-14,16-17H,3,5-9,11H2,1H3,(H,21,25)/t16-/m0/s1. The number of piperidine rings is 1. The van der Waals surface area contributed by atoms with Gasteiger partial charge in [0.1, 0.15) is 6.04 Å². The Bertz CT molecular complexity index is 630. The SMILES string of the molecule is CN(C(=O)N[C@H]1CCCN(c2cccnc2)C1=O)C(C1CC1)C1CC1. The zero-order valence-electron chi connectivity index (χ0n) is 14.7. The Balaban J connectivity index is 1.41. The molecule has 4 rings (SSSR count). The molecule has 1 atom stereocenters. The van der Waals surface area contributed by atoms with Gasteiger partial charge in [-0.25, -0.2) is 4.79 Å². The first-order chi connectivity index (χ1) is 12.1. The first-order valence-electron chi connectivity index (χ1n) is 9.40. The van der Waals surface area contributed by atoms with E-state index < -0.39 is 6.04 Å². The minimum Gasteiger partial charge on any atom is -0.326 e. The predicted octanol–water partition coefficient (Wildman–Crippen LogP) is 2.41. The van der Waals surface area contributed by atoms with Crippen molar-refractivity contribution in [3.05, 3.63) is 24.5 Å². The van der Waals surface area contributed by atoms with E-state index in [0.29, 0.717) is 30.8 Å². The van der Waals surface area contributed by atoms with Crippen LogP contribution in [0.2, 0.25) is 0 Å². The summed E-state index contributed by atoms with van der Waals surface area (Å²) in [5.41, 5.74) is 0.800. The molecule has 2 aliphatic carbocycles. The minimum absolute atomic E-state index is 0.0320. The van der Waals surface area contributed by atoms with Crippen molar-refractivity contribution in [2.75, 3.05) is 18.5 Å². The second-order valence-electron chi connectivity index (χ2n) is 7.62. The lowest BCUT2D eigenvalue weighted by molar-refractivity contribution is -0.121. The molecule has 6 nitrogen and oxygen atoms in total. The third-order valence-electron chi connectivity index (χ3n) is 5.67. The monoisotopic (exact) mass is 342 g/mol. The van der Waals surface area contributed by atoms with Crippen molar-refractivity contribution in [2.24, 2.45) is 11.8 Å². The van der Waals surface area contributed by atoms with Gasteiger partial charge in [0.05, 0.1) is 11.9 Å². The summed E-state index contributed by atoms with van der Waals surface area (Å²) in [6.07, 6.45) is 9.90. The van der Waals surface area contributed by atoms with E-state index in [1.54, 1.807) is 17.3 Å². The van der Waals surface area contributed by atoms with Gasteiger partial charge in [-0.3, -0.25) is 9.78 Å². The smallest absolute Gasteiger partial charge is 0.318 e. The van der Waals surface area contributed by atoms with Crippen molar-refractivity contribution in [2.45, 2.75) is 50.6 Å². The Morgan fingerprint density at radius 2 is 2.00 bits per heavy atom. The van der Waals surface area contributed by atoms with Crippen molar-refractivity contribution >= 4 is 17.6 Å². The summed E-state index contributed by atoms with van der Waals surface area (Å²) in [6.45, 7) is 0.680. The lowest BCUT2D eigenvalue weighted by atomic mass is 10.0. The van der Waals surface area contributed by atoms with Crippen molar-refractivity contribution < 1.29 is 9.59 Å². The van der Waals surface area contributed by atoms with Crippen molar-refractivity contribution in [3.63, 3.8) is 0 Å². The fourth-order valence-corrected chi connectivity index (χ4v) is 4.06. The van der Waals surface area contributed by atoms with E-state index in [4.69, 9.17) is 0 Å². The van der Waals surface area contributed by atoms with Crippen LogP contribution in [0.1, 0.15) is 38.5 Å². The third kappa shape index (κ3) is 3.48. The fraction of sp³-hybridized carbons (Fsp3) is 0.632. The third-order valence-corrected chi connectivity index (χ3v) is 5.67. The lowest BCUT2D eigenvalue weighted by Crippen LogP contribution is -2.56. The molecule has 0 unspecified atom stereocenters. The van der Waals surface area contributed by atoms with Crippen LogP contribution in [0.4, 0.5) is 10.5 Å². The van der Waals surface area contributed by atoms with Gasteiger partial charge >= 0.3 is 6.03 Å². The highest BCUT2D eigenvalue weighted by Crippen LogP contribution is 2.46. The molecule has 0 spiro atoms. The molecule has 0 bridgehead atoms. The summed E-state index contributed by atoms with van der Waals surface area (Å²) in [5.74, 6) is 1.30. The van der Waals surface area contributed by atoms with Gasteiger partial charge in [-0.2, -0.15) is 0 Å². The molecular weight excluding hydrogens is 316 g/mol. The topological polar surface area (TPSA) is 65.5 Å². The molecule has 3 aliphatic rings. The van der Waals surface area contributed by atoms with E-state index >= 15 is 0 Å². The van der Waals surface area contributed by atoms with E-state index in [1.807, 2.05) is 24.1 Å². The summed E-state index contributed by atoms with van der Waals surface area (Å²) >= 11 is 0. The number of hydrogen-bond acceptors (Lipinski definition) is 3. The van der Waals surface area contributed by atoms with Gasteiger partial charge in [0.2, 0.25) is 5.91 Å². The number of amides is 3. The normalized spacial score (nSPS) is 23.7. The zero-order valence-corrected chi connectivity index (χ0v) is 14.7. The summed E-state index contributed by atoms with van der Waals surface area (Å²) in [7, 11) is 1.89. The van der Waals surface area contributed by atoms with Crippen molar-refractivity contribution in [3.8, 4) is 0 Å². The molecule has 3 amide bonds. The number of urea groups is 1. The molecule has 0 aromatic carbocycles. The molecular formula is C19H26N4O2.